The molecule has 10 heavy (non-hydrogen) atoms. The summed E-state index contributed by atoms with van der Waals surface area (Å²) in [6.07, 6.45) is 0.0126. The van der Waals surface area contributed by atoms with E-state index >= 15 is 0 Å². The number of aliphatic carboxylic acids is 1. The normalized spacial score (nSPS) is 14.9. The quantitative estimate of drug-likeness (QED) is 0.463. The molecular formula is C6H10O4. The van der Waals surface area contributed by atoms with Crippen LogP contribution in [0.5, 0.6) is 0 Å². The monoisotopic (exact) mass is 146 g/mol. The number of aliphatic hydroxyl groups excluding tert-OH is 2. The Balaban J connectivity index is 4.02. The molecule has 0 spiro atoms. The molecule has 4 heteroatoms. The Morgan fingerprint density at radius 3 is 2.50 bits per heavy atom. The van der Waals surface area contributed by atoms with Gasteiger partial charge in [0.25, 0.3) is 0 Å². The predicted molar refractivity (Wildman–Crippen MR) is 34.5 cm³/mol. The van der Waals surface area contributed by atoms with E-state index in [0.717, 1.165) is 6.08 Å². The molecule has 0 aliphatic heterocycles. The van der Waals surface area contributed by atoms with Crippen LogP contribution in [-0.4, -0.2) is 34.0 Å². The molecule has 0 aromatic rings. The number of carbonyl (C=O) groups is 1. The highest BCUT2D eigenvalue weighted by atomic mass is 16.4. The maximum Gasteiger partial charge on any atom is 0.331 e. The van der Waals surface area contributed by atoms with Crippen LogP contribution in [0.4, 0.5) is 0 Å². The Morgan fingerprint density at radius 1 is 1.70 bits per heavy atom. The van der Waals surface area contributed by atoms with Crippen molar-refractivity contribution in [3.63, 3.8) is 0 Å². The van der Waals surface area contributed by atoms with E-state index in [1.54, 1.807) is 0 Å². The maximum absolute atomic E-state index is 10.1. The molecule has 1 atom stereocenters. The van der Waals surface area contributed by atoms with E-state index in [2.05, 4.69) is 0 Å². The first-order valence-electron chi connectivity index (χ1n) is 2.78. The molecule has 0 fully saturated rings. The zero-order valence-corrected chi connectivity index (χ0v) is 5.61. The van der Waals surface area contributed by atoms with E-state index in [9.17, 15) is 4.79 Å². The van der Waals surface area contributed by atoms with E-state index in [1.165, 1.54) is 6.92 Å². The highest BCUT2D eigenvalue weighted by molar-refractivity contribution is 5.85. The van der Waals surface area contributed by atoms with Crippen LogP contribution < -0.4 is 0 Å². The first kappa shape index (κ1) is 9.13. The molecule has 0 bridgehead atoms. The van der Waals surface area contributed by atoms with Crippen LogP contribution in [0.15, 0.2) is 11.6 Å². The second-order valence-corrected chi connectivity index (χ2v) is 1.90. The standard InChI is InChI=1S/C6H10O4/c1-4(6(9)10)2-5(8)3-7/h2,5,7-8H,3H2,1H3,(H,9,10)/b4-2-. The number of carboxylic acids is 1. The summed E-state index contributed by atoms with van der Waals surface area (Å²) in [6, 6.07) is 0. The van der Waals surface area contributed by atoms with E-state index < -0.39 is 18.7 Å². The van der Waals surface area contributed by atoms with Gasteiger partial charge in [0.05, 0.1) is 12.7 Å². The molecule has 58 valence electrons. The van der Waals surface area contributed by atoms with Crippen molar-refractivity contribution < 1.29 is 20.1 Å². The van der Waals surface area contributed by atoms with Crippen molar-refractivity contribution in [3.8, 4) is 0 Å². The highest BCUT2D eigenvalue weighted by Crippen LogP contribution is 1.94. The maximum atomic E-state index is 10.1. The Kier molecular flexibility index (Phi) is 3.68. The van der Waals surface area contributed by atoms with Crippen LogP contribution >= 0.6 is 0 Å². The van der Waals surface area contributed by atoms with Crippen molar-refractivity contribution in [3.05, 3.63) is 11.6 Å². The van der Waals surface area contributed by atoms with Crippen molar-refractivity contribution in [2.45, 2.75) is 13.0 Å². The van der Waals surface area contributed by atoms with Gasteiger partial charge in [0.2, 0.25) is 0 Å². The van der Waals surface area contributed by atoms with Crippen molar-refractivity contribution in [2.24, 2.45) is 0 Å². The van der Waals surface area contributed by atoms with Gasteiger partial charge in [-0.15, -0.1) is 0 Å². The van der Waals surface area contributed by atoms with E-state index in [4.69, 9.17) is 15.3 Å². The number of hydrogen-bond acceptors (Lipinski definition) is 3. The third kappa shape index (κ3) is 3.21. The lowest BCUT2D eigenvalue weighted by molar-refractivity contribution is -0.132. The van der Waals surface area contributed by atoms with Crippen LogP contribution in [0.1, 0.15) is 6.92 Å². The second kappa shape index (κ2) is 4.03. The molecule has 0 radical (unpaired) electrons. The van der Waals surface area contributed by atoms with Crippen LogP contribution in [0.2, 0.25) is 0 Å². The van der Waals surface area contributed by atoms with Crippen LogP contribution in [0, 0.1) is 0 Å². The summed E-state index contributed by atoms with van der Waals surface area (Å²) in [5, 5.41) is 25.2. The minimum Gasteiger partial charge on any atom is -0.478 e. The number of carboxylic acid groups (broad SMARTS) is 1. The van der Waals surface area contributed by atoms with Gasteiger partial charge in [-0.05, 0) is 13.0 Å². The molecule has 0 aliphatic carbocycles. The number of hydrogen-bond donors (Lipinski definition) is 3. The Bertz CT molecular complexity index is 150. The Morgan fingerprint density at radius 2 is 2.20 bits per heavy atom. The summed E-state index contributed by atoms with van der Waals surface area (Å²) in [5.74, 6) is -1.09. The van der Waals surface area contributed by atoms with Crippen LogP contribution in [0.25, 0.3) is 0 Å². The smallest absolute Gasteiger partial charge is 0.331 e. The van der Waals surface area contributed by atoms with Gasteiger partial charge in [0, 0.05) is 5.57 Å². The number of rotatable bonds is 3. The SMILES string of the molecule is C/C(=C/C(O)CO)C(=O)O. The third-order valence-corrected chi connectivity index (χ3v) is 0.967. The minimum atomic E-state index is -1.09. The summed E-state index contributed by atoms with van der Waals surface area (Å²) >= 11 is 0. The largest absolute Gasteiger partial charge is 0.478 e. The van der Waals surface area contributed by atoms with Gasteiger partial charge >= 0.3 is 5.97 Å². The van der Waals surface area contributed by atoms with E-state index in [-0.39, 0.29) is 5.57 Å². The fourth-order valence-corrected chi connectivity index (χ4v) is 0.413. The van der Waals surface area contributed by atoms with E-state index in [0.29, 0.717) is 0 Å². The molecule has 0 aliphatic rings. The van der Waals surface area contributed by atoms with E-state index in [1.807, 2.05) is 0 Å². The van der Waals surface area contributed by atoms with Gasteiger partial charge in [0.1, 0.15) is 0 Å². The van der Waals surface area contributed by atoms with Gasteiger partial charge in [-0.25, -0.2) is 4.79 Å². The molecule has 0 aromatic heterocycles. The molecule has 0 aromatic carbocycles. The molecule has 1 unspecified atom stereocenters. The van der Waals surface area contributed by atoms with Gasteiger partial charge in [0.15, 0.2) is 0 Å². The summed E-state index contributed by atoms with van der Waals surface area (Å²) in [5.41, 5.74) is 0.0292. The molecule has 0 heterocycles. The van der Waals surface area contributed by atoms with Crippen LogP contribution in [-0.2, 0) is 4.79 Å². The lowest BCUT2D eigenvalue weighted by Gasteiger charge is -1.99. The van der Waals surface area contributed by atoms with Crippen molar-refractivity contribution in [1.29, 1.82) is 0 Å². The molecule has 0 amide bonds. The molecule has 3 N–H and O–H groups in total. The Hall–Kier alpha value is -0.870. The topological polar surface area (TPSA) is 77.8 Å². The first-order chi connectivity index (χ1) is 4.57. The summed E-state index contributed by atoms with van der Waals surface area (Å²) in [6.45, 7) is 0.895. The zero-order valence-electron chi connectivity index (χ0n) is 5.61. The second-order valence-electron chi connectivity index (χ2n) is 1.90. The third-order valence-electron chi connectivity index (χ3n) is 0.967. The van der Waals surface area contributed by atoms with Crippen molar-refractivity contribution in [2.75, 3.05) is 6.61 Å². The lowest BCUT2D eigenvalue weighted by Crippen LogP contribution is -2.10. The van der Waals surface area contributed by atoms with Gasteiger partial charge < -0.3 is 15.3 Å². The summed E-state index contributed by atoms with van der Waals surface area (Å²) in [7, 11) is 0. The summed E-state index contributed by atoms with van der Waals surface area (Å²) < 4.78 is 0. The fourth-order valence-electron chi connectivity index (χ4n) is 0.413. The van der Waals surface area contributed by atoms with Crippen LogP contribution in [0.3, 0.4) is 0 Å². The first-order valence-corrected chi connectivity index (χ1v) is 2.78. The summed E-state index contributed by atoms with van der Waals surface area (Å²) in [4.78, 5) is 10.1. The molecule has 0 rings (SSSR count). The minimum absolute atomic E-state index is 0.0292. The molecule has 0 saturated carbocycles. The highest BCUT2D eigenvalue weighted by Gasteiger charge is 2.02. The molecular weight excluding hydrogens is 136 g/mol. The molecule has 0 saturated heterocycles. The molecule has 4 nitrogen and oxygen atoms in total. The lowest BCUT2D eigenvalue weighted by atomic mass is 10.2. The van der Waals surface area contributed by atoms with Gasteiger partial charge in [-0.3, -0.25) is 0 Å². The number of aliphatic hydroxyl groups is 2. The average molecular weight is 146 g/mol. The fraction of sp³-hybridized carbons (Fsp3) is 0.500. The van der Waals surface area contributed by atoms with Gasteiger partial charge in [-0.1, -0.05) is 0 Å². The Labute approximate surface area is 58.4 Å². The van der Waals surface area contributed by atoms with Gasteiger partial charge in [-0.2, -0.15) is 0 Å². The predicted octanol–water partition coefficient (Wildman–Crippen LogP) is -0.629. The zero-order chi connectivity index (χ0) is 8.15. The van der Waals surface area contributed by atoms with Crippen molar-refractivity contribution in [1.82, 2.24) is 0 Å². The average Bonchev–Trinajstić information content (AvgIpc) is 1.87. The van der Waals surface area contributed by atoms with Crippen molar-refractivity contribution >= 4 is 5.97 Å².